The summed E-state index contributed by atoms with van der Waals surface area (Å²) in [6.45, 7) is 6.82. The maximum absolute atomic E-state index is 10.9. The third-order valence-electron chi connectivity index (χ3n) is 2.35. The molecule has 0 aliphatic rings. The first-order valence-corrected chi connectivity index (χ1v) is 6.60. The SMILES string of the molecule is CC(C)(C)C(CN)CCS(C)(=O)=O. The van der Waals surface area contributed by atoms with Gasteiger partial charge in [0.25, 0.3) is 0 Å². The van der Waals surface area contributed by atoms with Gasteiger partial charge in [-0.3, -0.25) is 0 Å². The maximum Gasteiger partial charge on any atom is 0.147 e. The average Bonchev–Trinajstić information content (AvgIpc) is 1.82. The molecule has 4 heteroatoms. The molecule has 1 unspecified atom stereocenters. The van der Waals surface area contributed by atoms with Crippen molar-refractivity contribution in [1.29, 1.82) is 0 Å². The molecule has 1 atom stereocenters. The number of hydrogen-bond donors (Lipinski definition) is 1. The zero-order chi connectivity index (χ0) is 10.7. The fourth-order valence-electron chi connectivity index (χ4n) is 1.26. The van der Waals surface area contributed by atoms with Crippen LogP contribution in [0.15, 0.2) is 0 Å². The summed E-state index contributed by atoms with van der Waals surface area (Å²) in [4.78, 5) is 0. The van der Waals surface area contributed by atoms with Crippen LogP contribution in [0.3, 0.4) is 0 Å². The van der Waals surface area contributed by atoms with E-state index in [4.69, 9.17) is 5.73 Å². The summed E-state index contributed by atoms with van der Waals surface area (Å²) in [5, 5.41) is 0. The highest BCUT2D eigenvalue weighted by molar-refractivity contribution is 7.90. The molecule has 0 radical (unpaired) electrons. The van der Waals surface area contributed by atoms with Crippen molar-refractivity contribution in [2.24, 2.45) is 17.1 Å². The van der Waals surface area contributed by atoms with Gasteiger partial charge in [0, 0.05) is 6.26 Å². The van der Waals surface area contributed by atoms with E-state index in [1.807, 2.05) is 0 Å². The van der Waals surface area contributed by atoms with Crippen molar-refractivity contribution in [1.82, 2.24) is 0 Å². The highest BCUT2D eigenvalue weighted by Crippen LogP contribution is 2.27. The van der Waals surface area contributed by atoms with E-state index in [1.54, 1.807) is 0 Å². The predicted molar refractivity (Wildman–Crippen MR) is 56.3 cm³/mol. The maximum atomic E-state index is 10.9. The Labute approximate surface area is 81.6 Å². The summed E-state index contributed by atoms with van der Waals surface area (Å²) in [5.41, 5.74) is 5.69. The molecule has 2 N–H and O–H groups in total. The van der Waals surface area contributed by atoms with Crippen LogP contribution in [-0.4, -0.2) is 27.0 Å². The first-order valence-electron chi connectivity index (χ1n) is 4.54. The van der Waals surface area contributed by atoms with Crippen LogP contribution in [0.25, 0.3) is 0 Å². The third kappa shape index (κ3) is 6.05. The molecule has 0 rings (SSSR count). The molecular weight excluding hydrogens is 186 g/mol. The molecule has 0 aliphatic carbocycles. The Hall–Kier alpha value is -0.0900. The average molecular weight is 207 g/mol. The largest absolute Gasteiger partial charge is 0.330 e. The molecule has 0 fully saturated rings. The molecule has 0 aromatic heterocycles. The lowest BCUT2D eigenvalue weighted by molar-refractivity contribution is 0.241. The van der Waals surface area contributed by atoms with Gasteiger partial charge in [-0.05, 0) is 24.3 Å². The minimum absolute atomic E-state index is 0.0967. The van der Waals surface area contributed by atoms with E-state index in [0.29, 0.717) is 13.0 Å². The molecule has 0 amide bonds. The van der Waals surface area contributed by atoms with Gasteiger partial charge in [-0.2, -0.15) is 0 Å². The first kappa shape index (κ1) is 12.9. The summed E-state index contributed by atoms with van der Waals surface area (Å²) in [7, 11) is -2.85. The zero-order valence-electron chi connectivity index (χ0n) is 9.00. The lowest BCUT2D eigenvalue weighted by Crippen LogP contribution is -2.29. The Kier molecular flexibility index (Phi) is 4.39. The van der Waals surface area contributed by atoms with Gasteiger partial charge in [0.2, 0.25) is 0 Å². The summed E-state index contributed by atoms with van der Waals surface area (Å²) in [6, 6.07) is 0. The molecule has 0 saturated carbocycles. The predicted octanol–water partition coefficient (Wildman–Crippen LogP) is 1.04. The highest BCUT2D eigenvalue weighted by atomic mass is 32.2. The highest BCUT2D eigenvalue weighted by Gasteiger charge is 2.23. The van der Waals surface area contributed by atoms with E-state index in [0.717, 1.165) is 0 Å². The molecule has 13 heavy (non-hydrogen) atoms. The van der Waals surface area contributed by atoms with Gasteiger partial charge in [0.1, 0.15) is 9.84 Å². The summed E-state index contributed by atoms with van der Waals surface area (Å²) < 4.78 is 21.9. The topological polar surface area (TPSA) is 60.2 Å². The minimum Gasteiger partial charge on any atom is -0.330 e. The van der Waals surface area contributed by atoms with Crippen molar-refractivity contribution in [3.05, 3.63) is 0 Å². The van der Waals surface area contributed by atoms with Gasteiger partial charge in [-0.25, -0.2) is 8.42 Å². The summed E-state index contributed by atoms with van der Waals surface area (Å²) >= 11 is 0. The number of rotatable bonds is 4. The van der Waals surface area contributed by atoms with E-state index < -0.39 is 9.84 Å². The smallest absolute Gasteiger partial charge is 0.147 e. The van der Waals surface area contributed by atoms with E-state index in [9.17, 15) is 8.42 Å². The van der Waals surface area contributed by atoms with Crippen molar-refractivity contribution in [2.45, 2.75) is 27.2 Å². The molecule has 0 spiro atoms. The van der Waals surface area contributed by atoms with Crippen LogP contribution >= 0.6 is 0 Å². The standard InChI is InChI=1S/C9H21NO2S/c1-9(2,3)8(7-10)5-6-13(4,11)12/h8H,5-7,10H2,1-4H3. The normalized spacial score (nSPS) is 15.8. The Bertz CT molecular complexity index is 239. The fraction of sp³-hybridized carbons (Fsp3) is 1.00. The Morgan fingerprint density at radius 1 is 1.31 bits per heavy atom. The Morgan fingerprint density at radius 2 is 1.77 bits per heavy atom. The molecular formula is C9H21NO2S. The monoisotopic (exact) mass is 207 g/mol. The van der Waals surface area contributed by atoms with Gasteiger partial charge in [0.15, 0.2) is 0 Å². The number of nitrogens with two attached hydrogens (primary N) is 1. The van der Waals surface area contributed by atoms with Crippen LogP contribution in [0.4, 0.5) is 0 Å². The van der Waals surface area contributed by atoms with Gasteiger partial charge in [0.05, 0.1) is 5.75 Å². The van der Waals surface area contributed by atoms with Crippen LogP contribution in [0.5, 0.6) is 0 Å². The van der Waals surface area contributed by atoms with Gasteiger partial charge >= 0.3 is 0 Å². The van der Waals surface area contributed by atoms with Crippen molar-refractivity contribution >= 4 is 9.84 Å². The van der Waals surface area contributed by atoms with Gasteiger partial charge < -0.3 is 5.73 Å². The lowest BCUT2D eigenvalue weighted by atomic mass is 9.79. The quantitative estimate of drug-likeness (QED) is 0.749. The molecule has 0 aromatic rings. The Morgan fingerprint density at radius 3 is 2.00 bits per heavy atom. The fourth-order valence-corrected chi connectivity index (χ4v) is 1.97. The van der Waals surface area contributed by atoms with Crippen molar-refractivity contribution in [3.8, 4) is 0 Å². The second kappa shape index (κ2) is 4.42. The van der Waals surface area contributed by atoms with Crippen LogP contribution in [-0.2, 0) is 9.84 Å². The van der Waals surface area contributed by atoms with E-state index in [1.165, 1.54) is 6.26 Å². The summed E-state index contributed by atoms with van der Waals surface area (Å²) in [5.74, 6) is 0.522. The zero-order valence-corrected chi connectivity index (χ0v) is 9.82. The lowest BCUT2D eigenvalue weighted by Gasteiger charge is -2.29. The molecule has 0 aromatic carbocycles. The Balaban J connectivity index is 4.17. The number of hydrogen-bond acceptors (Lipinski definition) is 3. The van der Waals surface area contributed by atoms with Crippen molar-refractivity contribution < 1.29 is 8.42 Å². The van der Waals surface area contributed by atoms with E-state index in [-0.39, 0.29) is 17.1 Å². The molecule has 0 bridgehead atoms. The molecule has 80 valence electrons. The van der Waals surface area contributed by atoms with Crippen LogP contribution in [0, 0.1) is 11.3 Å². The molecule has 0 aliphatic heterocycles. The van der Waals surface area contributed by atoms with Crippen LogP contribution in [0.1, 0.15) is 27.2 Å². The minimum atomic E-state index is -2.85. The third-order valence-corrected chi connectivity index (χ3v) is 3.32. The molecule has 0 heterocycles. The first-order chi connectivity index (χ1) is 5.67. The van der Waals surface area contributed by atoms with Crippen LogP contribution in [0.2, 0.25) is 0 Å². The van der Waals surface area contributed by atoms with Gasteiger partial charge in [-0.1, -0.05) is 20.8 Å². The second-order valence-electron chi connectivity index (χ2n) is 4.72. The molecule has 3 nitrogen and oxygen atoms in total. The second-order valence-corrected chi connectivity index (χ2v) is 6.98. The number of sulfone groups is 1. The van der Waals surface area contributed by atoms with Crippen molar-refractivity contribution in [2.75, 3.05) is 18.6 Å². The van der Waals surface area contributed by atoms with E-state index in [2.05, 4.69) is 20.8 Å². The summed E-state index contributed by atoms with van der Waals surface area (Å²) in [6.07, 6.45) is 1.93. The molecule has 0 saturated heterocycles. The van der Waals surface area contributed by atoms with E-state index >= 15 is 0 Å². The van der Waals surface area contributed by atoms with Crippen LogP contribution < -0.4 is 5.73 Å². The van der Waals surface area contributed by atoms with Gasteiger partial charge in [-0.15, -0.1) is 0 Å². The van der Waals surface area contributed by atoms with Crippen molar-refractivity contribution in [3.63, 3.8) is 0 Å².